The zero-order chi connectivity index (χ0) is 15.7. The Labute approximate surface area is 131 Å². The standard InChI is InChI=1S/C21H20O/c1-14-4-9-17(10-5-14)19-13-8-16(3)21(22)20(19)18-11-6-15(2)7-12-18/h4-13,22H,1-3H3. The average Bonchev–Trinajstić information content (AvgIpc) is 2.52. The van der Waals surface area contributed by atoms with Crippen LogP contribution in [0.3, 0.4) is 0 Å². The number of aryl methyl sites for hydroxylation is 3. The lowest BCUT2D eigenvalue weighted by molar-refractivity contribution is 0.473. The van der Waals surface area contributed by atoms with Crippen LogP contribution < -0.4 is 0 Å². The summed E-state index contributed by atoms with van der Waals surface area (Å²) in [4.78, 5) is 0. The van der Waals surface area contributed by atoms with Crippen LogP contribution >= 0.6 is 0 Å². The van der Waals surface area contributed by atoms with Crippen molar-refractivity contribution in [2.45, 2.75) is 20.8 Å². The quantitative estimate of drug-likeness (QED) is 0.646. The highest BCUT2D eigenvalue weighted by molar-refractivity contribution is 5.88. The molecule has 0 unspecified atom stereocenters. The van der Waals surface area contributed by atoms with Gasteiger partial charge in [0.2, 0.25) is 0 Å². The molecule has 0 atom stereocenters. The van der Waals surface area contributed by atoms with E-state index in [1.54, 1.807) is 0 Å². The van der Waals surface area contributed by atoms with Crippen LogP contribution in [0.15, 0.2) is 60.7 Å². The number of hydrogen-bond acceptors (Lipinski definition) is 1. The van der Waals surface area contributed by atoms with Gasteiger partial charge in [-0.3, -0.25) is 0 Å². The van der Waals surface area contributed by atoms with E-state index in [0.717, 1.165) is 27.8 Å². The molecular weight excluding hydrogens is 268 g/mol. The molecule has 0 heterocycles. The van der Waals surface area contributed by atoms with Crippen molar-refractivity contribution in [3.05, 3.63) is 77.4 Å². The Morgan fingerprint density at radius 3 is 1.64 bits per heavy atom. The van der Waals surface area contributed by atoms with Gasteiger partial charge in [0.05, 0.1) is 0 Å². The lowest BCUT2D eigenvalue weighted by Gasteiger charge is -2.14. The normalized spacial score (nSPS) is 10.7. The Kier molecular flexibility index (Phi) is 3.72. The molecule has 0 aromatic heterocycles. The molecule has 0 fully saturated rings. The van der Waals surface area contributed by atoms with Crippen LogP contribution in [-0.4, -0.2) is 5.11 Å². The Morgan fingerprint density at radius 2 is 1.09 bits per heavy atom. The number of aromatic hydroxyl groups is 1. The Balaban J connectivity index is 2.25. The third-order valence-corrected chi connectivity index (χ3v) is 4.08. The first-order valence-electron chi connectivity index (χ1n) is 7.53. The minimum absolute atomic E-state index is 0.363. The summed E-state index contributed by atoms with van der Waals surface area (Å²) >= 11 is 0. The highest BCUT2D eigenvalue weighted by atomic mass is 16.3. The largest absolute Gasteiger partial charge is 0.507 e. The van der Waals surface area contributed by atoms with Gasteiger partial charge < -0.3 is 5.11 Å². The predicted molar refractivity (Wildman–Crippen MR) is 93.2 cm³/mol. The van der Waals surface area contributed by atoms with Gasteiger partial charge in [0, 0.05) is 5.56 Å². The molecule has 0 amide bonds. The fourth-order valence-corrected chi connectivity index (χ4v) is 2.68. The molecule has 1 nitrogen and oxygen atoms in total. The predicted octanol–water partition coefficient (Wildman–Crippen LogP) is 5.65. The van der Waals surface area contributed by atoms with Gasteiger partial charge in [-0.2, -0.15) is 0 Å². The van der Waals surface area contributed by atoms with Crippen molar-refractivity contribution in [2.75, 3.05) is 0 Å². The molecule has 0 aliphatic carbocycles. The van der Waals surface area contributed by atoms with Crippen molar-refractivity contribution in [1.29, 1.82) is 0 Å². The van der Waals surface area contributed by atoms with Crippen molar-refractivity contribution >= 4 is 0 Å². The van der Waals surface area contributed by atoms with Gasteiger partial charge in [-0.15, -0.1) is 0 Å². The van der Waals surface area contributed by atoms with Gasteiger partial charge in [0.15, 0.2) is 0 Å². The molecule has 3 aromatic rings. The summed E-state index contributed by atoms with van der Waals surface area (Å²) in [6, 6.07) is 20.8. The molecule has 0 aliphatic heterocycles. The van der Waals surface area contributed by atoms with E-state index in [-0.39, 0.29) is 0 Å². The molecule has 0 radical (unpaired) electrons. The van der Waals surface area contributed by atoms with E-state index in [0.29, 0.717) is 5.75 Å². The molecular formula is C21H20O. The van der Waals surface area contributed by atoms with Crippen LogP contribution in [0.4, 0.5) is 0 Å². The Hall–Kier alpha value is -2.54. The fourth-order valence-electron chi connectivity index (χ4n) is 2.68. The lowest BCUT2D eigenvalue weighted by Crippen LogP contribution is -1.89. The number of phenolic OH excluding ortho intramolecular Hbond substituents is 1. The summed E-state index contributed by atoms with van der Waals surface area (Å²) in [7, 11) is 0. The van der Waals surface area contributed by atoms with Gasteiger partial charge in [-0.1, -0.05) is 71.8 Å². The molecule has 0 bridgehead atoms. The lowest BCUT2D eigenvalue weighted by atomic mass is 9.91. The first kappa shape index (κ1) is 14.4. The van der Waals surface area contributed by atoms with Crippen LogP contribution in [0.2, 0.25) is 0 Å². The molecule has 0 saturated carbocycles. The fraction of sp³-hybridized carbons (Fsp3) is 0.143. The smallest absolute Gasteiger partial charge is 0.126 e. The molecule has 1 N–H and O–H groups in total. The maximum atomic E-state index is 10.6. The Bertz CT molecular complexity index is 797. The highest BCUT2D eigenvalue weighted by Gasteiger charge is 2.14. The highest BCUT2D eigenvalue weighted by Crippen LogP contribution is 2.40. The first-order chi connectivity index (χ1) is 10.6. The molecule has 110 valence electrons. The van der Waals surface area contributed by atoms with Crippen molar-refractivity contribution in [2.24, 2.45) is 0 Å². The molecule has 1 heteroatoms. The third-order valence-electron chi connectivity index (χ3n) is 4.08. The van der Waals surface area contributed by atoms with Crippen molar-refractivity contribution in [3.8, 4) is 28.0 Å². The van der Waals surface area contributed by atoms with Gasteiger partial charge in [-0.25, -0.2) is 0 Å². The van der Waals surface area contributed by atoms with Crippen LogP contribution in [0.1, 0.15) is 16.7 Å². The van der Waals surface area contributed by atoms with E-state index < -0.39 is 0 Å². The number of hydrogen-bond donors (Lipinski definition) is 1. The van der Waals surface area contributed by atoms with Crippen molar-refractivity contribution < 1.29 is 5.11 Å². The van der Waals surface area contributed by atoms with Gasteiger partial charge >= 0.3 is 0 Å². The maximum absolute atomic E-state index is 10.6. The second-order valence-corrected chi connectivity index (χ2v) is 5.89. The SMILES string of the molecule is Cc1ccc(-c2ccc(C)c(O)c2-c2ccc(C)cc2)cc1. The van der Waals surface area contributed by atoms with Gasteiger partial charge in [0.1, 0.15) is 5.75 Å². The molecule has 0 aliphatic rings. The molecule has 3 aromatic carbocycles. The summed E-state index contributed by atoms with van der Waals surface area (Å²) in [5.74, 6) is 0.363. The third kappa shape index (κ3) is 2.62. The zero-order valence-corrected chi connectivity index (χ0v) is 13.2. The average molecular weight is 288 g/mol. The van der Waals surface area contributed by atoms with E-state index in [4.69, 9.17) is 0 Å². The molecule has 0 saturated heterocycles. The molecule has 0 spiro atoms. The van der Waals surface area contributed by atoms with Crippen molar-refractivity contribution in [1.82, 2.24) is 0 Å². The molecule has 3 rings (SSSR count). The minimum atomic E-state index is 0.363. The van der Waals surface area contributed by atoms with Crippen LogP contribution in [0.25, 0.3) is 22.3 Å². The van der Waals surface area contributed by atoms with Crippen molar-refractivity contribution in [3.63, 3.8) is 0 Å². The summed E-state index contributed by atoms with van der Waals surface area (Å²) in [5.41, 5.74) is 7.48. The van der Waals surface area contributed by atoms with Gasteiger partial charge in [0.25, 0.3) is 0 Å². The monoisotopic (exact) mass is 288 g/mol. The topological polar surface area (TPSA) is 20.2 Å². The van der Waals surface area contributed by atoms with Crippen LogP contribution in [0.5, 0.6) is 5.75 Å². The van der Waals surface area contributed by atoms with E-state index in [1.807, 2.05) is 13.0 Å². The van der Waals surface area contributed by atoms with E-state index in [2.05, 4.69) is 68.4 Å². The summed E-state index contributed by atoms with van der Waals surface area (Å²) in [6.07, 6.45) is 0. The summed E-state index contributed by atoms with van der Waals surface area (Å²) in [5, 5.41) is 10.6. The second kappa shape index (κ2) is 5.69. The van der Waals surface area contributed by atoms with E-state index in [9.17, 15) is 5.11 Å². The number of rotatable bonds is 2. The van der Waals surface area contributed by atoms with Crippen LogP contribution in [0, 0.1) is 20.8 Å². The van der Waals surface area contributed by atoms with Gasteiger partial charge in [-0.05, 0) is 43.0 Å². The summed E-state index contributed by atoms with van der Waals surface area (Å²) < 4.78 is 0. The van der Waals surface area contributed by atoms with Crippen LogP contribution in [-0.2, 0) is 0 Å². The summed E-state index contributed by atoms with van der Waals surface area (Å²) in [6.45, 7) is 6.09. The number of benzene rings is 3. The first-order valence-corrected chi connectivity index (χ1v) is 7.53. The Morgan fingerprint density at radius 1 is 0.591 bits per heavy atom. The number of phenols is 1. The van der Waals surface area contributed by atoms with E-state index >= 15 is 0 Å². The minimum Gasteiger partial charge on any atom is -0.507 e. The maximum Gasteiger partial charge on any atom is 0.126 e. The zero-order valence-electron chi connectivity index (χ0n) is 13.2. The van der Waals surface area contributed by atoms with E-state index in [1.165, 1.54) is 11.1 Å². The molecule has 22 heavy (non-hydrogen) atoms. The second-order valence-electron chi connectivity index (χ2n) is 5.89.